The first kappa shape index (κ1) is 10.2. The highest BCUT2D eigenvalue weighted by molar-refractivity contribution is 6.32. The highest BCUT2D eigenvalue weighted by Crippen LogP contribution is 2.35. The van der Waals surface area contributed by atoms with E-state index >= 15 is 0 Å². The fourth-order valence-electron chi connectivity index (χ4n) is 1.39. The number of halogens is 1. The largest absolute Gasteiger partial charge is 0.495 e. The molecule has 0 atom stereocenters. The van der Waals surface area contributed by atoms with Crippen LogP contribution in [0.15, 0.2) is 6.07 Å². The van der Waals surface area contributed by atoms with Gasteiger partial charge in [-0.05, 0) is 31.0 Å². The van der Waals surface area contributed by atoms with Gasteiger partial charge in [-0.1, -0.05) is 11.6 Å². The lowest BCUT2D eigenvalue weighted by atomic mass is 10.1. The van der Waals surface area contributed by atoms with Gasteiger partial charge in [0.15, 0.2) is 0 Å². The van der Waals surface area contributed by atoms with Crippen molar-refractivity contribution >= 4 is 17.3 Å². The minimum atomic E-state index is 0.796. The first-order chi connectivity index (χ1) is 6.11. The average molecular weight is 200 g/mol. The first-order valence-electron chi connectivity index (χ1n) is 4.13. The summed E-state index contributed by atoms with van der Waals surface area (Å²) in [7, 11) is 3.51. The summed E-state index contributed by atoms with van der Waals surface area (Å²) in [5, 5.41) is 3.87. The van der Waals surface area contributed by atoms with Crippen molar-refractivity contribution in [1.82, 2.24) is 0 Å². The molecule has 0 aliphatic rings. The highest BCUT2D eigenvalue weighted by Gasteiger charge is 2.10. The van der Waals surface area contributed by atoms with Crippen molar-refractivity contribution < 1.29 is 4.74 Å². The lowest BCUT2D eigenvalue weighted by Crippen LogP contribution is -1.98. The van der Waals surface area contributed by atoms with E-state index in [4.69, 9.17) is 16.3 Å². The van der Waals surface area contributed by atoms with E-state index in [0.717, 1.165) is 27.6 Å². The Balaban J connectivity index is 3.39. The van der Waals surface area contributed by atoms with Crippen LogP contribution in [0.25, 0.3) is 0 Å². The molecule has 0 radical (unpaired) electrons. The molecular weight excluding hydrogens is 186 g/mol. The van der Waals surface area contributed by atoms with Gasteiger partial charge in [0.1, 0.15) is 5.75 Å². The van der Waals surface area contributed by atoms with Gasteiger partial charge in [0.25, 0.3) is 0 Å². The molecule has 1 aromatic carbocycles. The van der Waals surface area contributed by atoms with E-state index in [-0.39, 0.29) is 0 Å². The molecule has 0 spiro atoms. The van der Waals surface area contributed by atoms with Crippen LogP contribution in [0.1, 0.15) is 11.1 Å². The van der Waals surface area contributed by atoms with Crippen LogP contribution in [0, 0.1) is 13.8 Å². The number of anilines is 1. The maximum Gasteiger partial charge on any atom is 0.142 e. The zero-order chi connectivity index (χ0) is 10.0. The molecule has 0 aromatic heterocycles. The lowest BCUT2D eigenvalue weighted by Gasteiger charge is -2.14. The van der Waals surface area contributed by atoms with Gasteiger partial charge in [-0.2, -0.15) is 0 Å². The zero-order valence-electron chi connectivity index (χ0n) is 8.36. The fraction of sp³-hybridized carbons (Fsp3) is 0.400. The molecule has 0 fully saturated rings. The first-order valence-corrected chi connectivity index (χ1v) is 4.51. The SMILES string of the molecule is CNc1c(OC)cc(C)c(Cl)c1C. The molecule has 1 rings (SSSR count). The third-order valence-electron chi connectivity index (χ3n) is 2.11. The van der Waals surface area contributed by atoms with Crippen LogP contribution >= 0.6 is 11.6 Å². The monoisotopic (exact) mass is 199 g/mol. The maximum atomic E-state index is 6.09. The third kappa shape index (κ3) is 1.73. The van der Waals surface area contributed by atoms with E-state index in [2.05, 4.69) is 5.32 Å². The average Bonchev–Trinajstić information content (AvgIpc) is 2.13. The molecule has 0 heterocycles. The Morgan fingerprint density at radius 3 is 2.46 bits per heavy atom. The quantitative estimate of drug-likeness (QED) is 0.791. The van der Waals surface area contributed by atoms with E-state index in [1.54, 1.807) is 7.11 Å². The van der Waals surface area contributed by atoms with Crippen molar-refractivity contribution in [3.8, 4) is 5.75 Å². The normalized spacial score (nSPS) is 9.92. The molecule has 0 aliphatic heterocycles. The maximum absolute atomic E-state index is 6.09. The van der Waals surface area contributed by atoms with E-state index in [9.17, 15) is 0 Å². The Hall–Kier alpha value is -0.890. The summed E-state index contributed by atoms with van der Waals surface area (Å²) in [5.74, 6) is 0.835. The van der Waals surface area contributed by atoms with E-state index in [0.29, 0.717) is 0 Å². The van der Waals surface area contributed by atoms with Gasteiger partial charge in [0.2, 0.25) is 0 Å². The number of hydrogen-bond acceptors (Lipinski definition) is 2. The summed E-state index contributed by atoms with van der Waals surface area (Å²) in [4.78, 5) is 0. The molecule has 1 aromatic rings. The molecule has 0 amide bonds. The van der Waals surface area contributed by atoms with Crippen LogP contribution in [0.2, 0.25) is 5.02 Å². The Morgan fingerprint density at radius 2 is 2.00 bits per heavy atom. The molecule has 13 heavy (non-hydrogen) atoms. The van der Waals surface area contributed by atoms with Gasteiger partial charge in [0.05, 0.1) is 12.8 Å². The second kappa shape index (κ2) is 3.88. The molecule has 0 saturated carbocycles. The summed E-state index contributed by atoms with van der Waals surface area (Å²) >= 11 is 6.09. The van der Waals surface area contributed by atoms with Crippen LogP contribution in [0.5, 0.6) is 5.75 Å². The van der Waals surface area contributed by atoms with E-state index < -0.39 is 0 Å². The number of benzene rings is 1. The highest BCUT2D eigenvalue weighted by atomic mass is 35.5. The molecule has 0 unspecified atom stereocenters. The second-order valence-electron chi connectivity index (χ2n) is 2.96. The predicted molar refractivity (Wildman–Crippen MR) is 57.0 cm³/mol. The summed E-state index contributed by atoms with van der Waals surface area (Å²) < 4.78 is 5.23. The van der Waals surface area contributed by atoms with Crippen molar-refractivity contribution in [2.45, 2.75) is 13.8 Å². The van der Waals surface area contributed by atoms with Crippen LogP contribution in [-0.4, -0.2) is 14.2 Å². The predicted octanol–water partition coefficient (Wildman–Crippen LogP) is 3.01. The Morgan fingerprint density at radius 1 is 1.38 bits per heavy atom. The van der Waals surface area contributed by atoms with Crippen molar-refractivity contribution in [3.63, 3.8) is 0 Å². The van der Waals surface area contributed by atoms with Gasteiger partial charge < -0.3 is 10.1 Å². The Kier molecular flexibility index (Phi) is 3.04. The van der Waals surface area contributed by atoms with Crippen LogP contribution < -0.4 is 10.1 Å². The van der Waals surface area contributed by atoms with E-state index in [1.807, 2.05) is 27.0 Å². The van der Waals surface area contributed by atoms with Crippen LogP contribution in [0.3, 0.4) is 0 Å². The lowest BCUT2D eigenvalue weighted by molar-refractivity contribution is 0.416. The molecule has 1 N–H and O–H groups in total. The second-order valence-corrected chi connectivity index (χ2v) is 3.34. The smallest absolute Gasteiger partial charge is 0.142 e. The molecule has 3 heteroatoms. The molecule has 0 bridgehead atoms. The van der Waals surface area contributed by atoms with Crippen LogP contribution in [0.4, 0.5) is 5.69 Å². The van der Waals surface area contributed by atoms with Crippen molar-refractivity contribution in [2.24, 2.45) is 0 Å². The molecule has 0 saturated heterocycles. The number of methoxy groups -OCH3 is 1. The van der Waals surface area contributed by atoms with Gasteiger partial charge in [0, 0.05) is 12.1 Å². The minimum Gasteiger partial charge on any atom is -0.495 e. The van der Waals surface area contributed by atoms with Crippen molar-refractivity contribution in [2.75, 3.05) is 19.5 Å². The van der Waals surface area contributed by atoms with Crippen molar-refractivity contribution in [1.29, 1.82) is 0 Å². The number of nitrogens with one attached hydrogen (secondary N) is 1. The van der Waals surface area contributed by atoms with Crippen LogP contribution in [-0.2, 0) is 0 Å². The van der Waals surface area contributed by atoms with Gasteiger partial charge in [-0.3, -0.25) is 0 Å². The standard InChI is InChI=1S/C10H14ClNO/c1-6-5-8(13-4)10(12-3)7(2)9(6)11/h5,12H,1-4H3. The molecular formula is C10H14ClNO. The minimum absolute atomic E-state index is 0.796. The summed E-state index contributed by atoms with van der Waals surface area (Å²) in [6.07, 6.45) is 0. The zero-order valence-corrected chi connectivity index (χ0v) is 9.12. The molecule has 72 valence electrons. The van der Waals surface area contributed by atoms with Gasteiger partial charge in [-0.25, -0.2) is 0 Å². The number of hydrogen-bond donors (Lipinski definition) is 1. The molecule has 0 aliphatic carbocycles. The summed E-state index contributed by atoms with van der Waals surface area (Å²) in [6, 6.07) is 1.93. The van der Waals surface area contributed by atoms with Gasteiger partial charge in [-0.15, -0.1) is 0 Å². The van der Waals surface area contributed by atoms with Crippen molar-refractivity contribution in [3.05, 3.63) is 22.2 Å². The fourth-order valence-corrected chi connectivity index (χ4v) is 1.54. The number of rotatable bonds is 2. The number of aryl methyl sites for hydroxylation is 1. The topological polar surface area (TPSA) is 21.3 Å². The summed E-state index contributed by atoms with van der Waals surface area (Å²) in [5.41, 5.74) is 3.02. The van der Waals surface area contributed by atoms with E-state index in [1.165, 1.54) is 0 Å². The Bertz CT molecular complexity index is 323. The van der Waals surface area contributed by atoms with Gasteiger partial charge >= 0.3 is 0 Å². The number of ether oxygens (including phenoxy) is 1. The Labute approximate surface area is 83.9 Å². The molecule has 2 nitrogen and oxygen atoms in total. The third-order valence-corrected chi connectivity index (χ3v) is 2.70. The summed E-state index contributed by atoms with van der Waals surface area (Å²) in [6.45, 7) is 3.95.